The maximum Gasteiger partial charge on any atom is 0.348 e. The van der Waals surface area contributed by atoms with Crippen molar-refractivity contribution < 1.29 is 19.1 Å². The molecule has 0 aliphatic carbocycles. The van der Waals surface area contributed by atoms with Gasteiger partial charge in [0.1, 0.15) is 4.88 Å². The predicted octanol–water partition coefficient (Wildman–Crippen LogP) is 1.51. The van der Waals surface area contributed by atoms with Crippen LogP contribution in [0.15, 0.2) is 30.3 Å². The van der Waals surface area contributed by atoms with Crippen molar-refractivity contribution in [2.75, 3.05) is 13.7 Å². The Morgan fingerprint density at radius 1 is 1.25 bits per heavy atom. The van der Waals surface area contributed by atoms with Crippen LogP contribution in [0.2, 0.25) is 0 Å². The molecule has 2 aromatic rings. The quantitative estimate of drug-likeness (QED) is 0.840. The highest BCUT2D eigenvalue weighted by atomic mass is 32.1. The number of carbonyl (C=O) groups excluding carboxylic acids is 3. The zero-order valence-electron chi connectivity index (χ0n) is 10.6. The summed E-state index contributed by atoms with van der Waals surface area (Å²) in [5, 5.41) is 5.17. The molecule has 0 fully saturated rings. The fourth-order valence-electron chi connectivity index (χ4n) is 1.51. The molecule has 7 heteroatoms. The van der Waals surface area contributed by atoms with E-state index in [1.807, 2.05) is 29.6 Å². The average molecular weight is 292 g/mol. The number of amides is 3. The largest absolute Gasteiger partial charge is 0.451 e. The van der Waals surface area contributed by atoms with E-state index in [0.29, 0.717) is 4.88 Å². The summed E-state index contributed by atoms with van der Waals surface area (Å²) in [7, 11) is 1.38. The van der Waals surface area contributed by atoms with Crippen molar-refractivity contribution in [3.8, 4) is 0 Å². The summed E-state index contributed by atoms with van der Waals surface area (Å²) in [6.45, 7) is -0.500. The lowest BCUT2D eigenvalue weighted by Gasteiger charge is -2.03. The number of thiophene rings is 1. The van der Waals surface area contributed by atoms with Crippen molar-refractivity contribution in [3.05, 3.63) is 35.2 Å². The van der Waals surface area contributed by atoms with E-state index in [-0.39, 0.29) is 0 Å². The average Bonchev–Trinajstić information content (AvgIpc) is 2.88. The molecule has 0 saturated carbocycles. The van der Waals surface area contributed by atoms with Crippen molar-refractivity contribution in [3.63, 3.8) is 0 Å². The van der Waals surface area contributed by atoms with Crippen molar-refractivity contribution >= 4 is 39.3 Å². The van der Waals surface area contributed by atoms with Gasteiger partial charge in [0.05, 0.1) is 0 Å². The van der Waals surface area contributed by atoms with Gasteiger partial charge in [0.25, 0.3) is 5.91 Å². The number of carbonyl (C=O) groups is 3. The van der Waals surface area contributed by atoms with Crippen LogP contribution >= 0.6 is 11.3 Å². The number of nitrogens with one attached hydrogen (secondary N) is 2. The molecule has 104 valence electrons. The number of imide groups is 1. The van der Waals surface area contributed by atoms with Gasteiger partial charge in [0.15, 0.2) is 6.61 Å². The van der Waals surface area contributed by atoms with E-state index in [1.165, 1.54) is 18.4 Å². The van der Waals surface area contributed by atoms with Crippen LogP contribution in [0.3, 0.4) is 0 Å². The molecule has 0 aliphatic heterocycles. The Hall–Kier alpha value is -2.41. The number of urea groups is 1. The third-order valence-electron chi connectivity index (χ3n) is 2.44. The Balaban J connectivity index is 1.95. The smallest absolute Gasteiger partial charge is 0.348 e. The predicted molar refractivity (Wildman–Crippen MR) is 74.7 cm³/mol. The molecule has 2 N–H and O–H groups in total. The first-order valence-corrected chi connectivity index (χ1v) is 6.59. The summed E-state index contributed by atoms with van der Waals surface area (Å²) in [5.74, 6) is -1.27. The SMILES string of the molecule is CNC(=O)NC(=O)COC(=O)c1cc2ccccc2s1. The molecule has 0 aliphatic rings. The van der Waals surface area contributed by atoms with Gasteiger partial charge in [-0.05, 0) is 17.5 Å². The van der Waals surface area contributed by atoms with Crippen molar-refractivity contribution in [2.24, 2.45) is 0 Å². The number of hydrogen-bond acceptors (Lipinski definition) is 5. The van der Waals surface area contributed by atoms with Crippen molar-refractivity contribution in [2.45, 2.75) is 0 Å². The first kappa shape index (κ1) is 14.0. The van der Waals surface area contributed by atoms with Crippen molar-refractivity contribution in [1.82, 2.24) is 10.6 Å². The molecule has 0 bridgehead atoms. The van der Waals surface area contributed by atoms with Crippen LogP contribution in [0.5, 0.6) is 0 Å². The number of rotatable bonds is 3. The number of fused-ring (bicyclic) bond motifs is 1. The van der Waals surface area contributed by atoms with E-state index in [4.69, 9.17) is 4.74 Å². The van der Waals surface area contributed by atoms with Crippen LogP contribution < -0.4 is 10.6 Å². The second-order valence-corrected chi connectivity index (χ2v) is 4.94. The number of benzene rings is 1. The molecule has 3 amide bonds. The normalized spacial score (nSPS) is 10.1. The molecule has 1 aromatic heterocycles. The maximum absolute atomic E-state index is 11.8. The number of esters is 1. The highest BCUT2D eigenvalue weighted by molar-refractivity contribution is 7.20. The van der Waals surface area contributed by atoms with Gasteiger partial charge < -0.3 is 10.1 Å². The Morgan fingerprint density at radius 2 is 2.00 bits per heavy atom. The minimum atomic E-state index is -0.682. The fraction of sp³-hybridized carbons (Fsp3) is 0.154. The molecule has 20 heavy (non-hydrogen) atoms. The molecule has 0 unspecified atom stereocenters. The molecule has 6 nitrogen and oxygen atoms in total. The lowest BCUT2D eigenvalue weighted by molar-refractivity contribution is -0.123. The van der Waals surface area contributed by atoms with E-state index in [1.54, 1.807) is 6.07 Å². The van der Waals surface area contributed by atoms with Crippen LogP contribution in [0.25, 0.3) is 10.1 Å². The summed E-state index contributed by atoms with van der Waals surface area (Å²) < 4.78 is 5.81. The highest BCUT2D eigenvalue weighted by Gasteiger charge is 2.14. The first-order valence-electron chi connectivity index (χ1n) is 5.77. The Morgan fingerprint density at radius 3 is 2.70 bits per heavy atom. The van der Waals surface area contributed by atoms with Gasteiger partial charge in [-0.2, -0.15) is 0 Å². The third kappa shape index (κ3) is 3.33. The Labute approximate surface area is 118 Å². The topological polar surface area (TPSA) is 84.5 Å². The molecule has 0 spiro atoms. The Kier molecular flexibility index (Phi) is 4.31. The molecular weight excluding hydrogens is 280 g/mol. The molecule has 1 aromatic carbocycles. The lowest BCUT2D eigenvalue weighted by Crippen LogP contribution is -2.39. The summed E-state index contributed by atoms with van der Waals surface area (Å²) in [4.78, 5) is 34.3. The van der Waals surface area contributed by atoms with E-state index < -0.39 is 24.5 Å². The van der Waals surface area contributed by atoms with Gasteiger partial charge in [-0.1, -0.05) is 18.2 Å². The lowest BCUT2D eigenvalue weighted by atomic mass is 10.2. The van der Waals surface area contributed by atoms with Gasteiger partial charge in [0.2, 0.25) is 0 Å². The minimum absolute atomic E-state index is 0.416. The zero-order chi connectivity index (χ0) is 14.5. The zero-order valence-corrected chi connectivity index (χ0v) is 11.5. The summed E-state index contributed by atoms with van der Waals surface area (Å²) >= 11 is 1.29. The van der Waals surface area contributed by atoms with Gasteiger partial charge in [-0.25, -0.2) is 9.59 Å². The summed E-state index contributed by atoms with van der Waals surface area (Å²) in [6.07, 6.45) is 0. The maximum atomic E-state index is 11.8. The second kappa shape index (κ2) is 6.16. The van der Waals surface area contributed by atoms with Gasteiger partial charge >= 0.3 is 12.0 Å². The Bertz CT molecular complexity index is 632. The third-order valence-corrected chi connectivity index (χ3v) is 3.54. The van der Waals surface area contributed by atoms with E-state index >= 15 is 0 Å². The van der Waals surface area contributed by atoms with Gasteiger partial charge in [-0.3, -0.25) is 10.1 Å². The number of ether oxygens (including phenoxy) is 1. The fourth-order valence-corrected chi connectivity index (χ4v) is 2.47. The van der Waals surface area contributed by atoms with Crippen LogP contribution in [-0.4, -0.2) is 31.6 Å². The summed E-state index contributed by atoms with van der Waals surface area (Å²) in [6, 6.07) is 8.61. The van der Waals surface area contributed by atoms with Crippen LogP contribution in [0, 0.1) is 0 Å². The number of hydrogen-bond donors (Lipinski definition) is 2. The minimum Gasteiger partial charge on any atom is -0.451 e. The van der Waals surface area contributed by atoms with E-state index in [9.17, 15) is 14.4 Å². The highest BCUT2D eigenvalue weighted by Crippen LogP contribution is 2.25. The molecule has 2 rings (SSSR count). The molecule has 1 heterocycles. The van der Waals surface area contributed by atoms with Gasteiger partial charge in [-0.15, -0.1) is 11.3 Å². The standard InChI is InChI=1S/C13H12N2O4S/c1-14-13(18)15-11(16)7-19-12(17)10-6-8-4-2-3-5-9(8)20-10/h2-6H,7H2,1H3,(H2,14,15,16,18). The second-order valence-electron chi connectivity index (χ2n) is 3.85. The molecule has 0 saturated heterocycles. The van der Waals surface area contributed by atoms with Crippen LogP contribution in [0.1, 0.15) is 9.67 Å². The molecule has 0 atom stereocenters. The van der Waals surface area contributed by atoms with Crippen LogP contribution in [0.4, 0.5) is 4.79 Å². The molecular formula is C13H12N2O4S. The monoisotopic (exact) mass is 292 g/mol. The first-order chi connectivity index (χ1) is 9.60. The van der Waals surface area contributed by atoms with Gasteiger partial charge in [0, 0.05) is 11.7 Å². The van der Waals surface area contributed by atoms with Crippen molar-refractivity contribution in [1.29, 1.82) is 0 Å². The summed E-state index contributed by atoms with van der Waals surface area (Å²) in [5.41, 5.74) is 0. The van der Waals surface area contributed by atoms with E-state index in [0.717, 1.165) is 10.1 Å². The van der Waals surface area contributed by atoms with Crippen LogP contribution in [-0.2, 0) is 9.53 Å². The van der Waals surface area contributed by atoms with E-state index in [2.05, 4.69) is 5.32 Å². The molecule has 0 radical (unpaired) electrons.